The van der Waals surface area contributed by atoms with Crippen LogP contribution in [-0.2, 0) is 14.8 Å². The second-order valence-electron chi connectivity index (χ2n) is 7.03. The van der Waals surface area contributed by atoms with E-state index in [1.165, 1.54) is 4.31 Å². The largest absolute Gasteiger partial charge is 0.476 e. The number of rotatable bonds is 8. The van der Waals surface area contributed by atoms with Crippen LogP contribution in [-0.4, -0.2) is 39.8 Å². The Bertz CT molecular complexity index is 733. The Hall–Kier alpha value is -1.76. The molecule has 1 N–H and O–H groups in total. The second-order valence-corrected chi connectivity index (χ2v) is 8.94. The minimum atomic E-state index is -3.50. The van der Waals surface area contributed by atoms with Crippen LogP contribution in [0.5, 0.6) is 5.75 Å². The van der Waals surface area contributed by atoms with Crippen LogP contribution in [0.1, 0.15) is 45.1 Å². The summed E-state index contributed by atoms with van der Waals surface area (Å²) in [7, 11) is -3.50. The van der Waals surface area contributed by atoms with E-state index in [-0.39, 0.29) is 12.5 Å². The van der Waals surface area contributed by atoms with E-state index in [4.69, 9.17) is 4.74 Å². The molecule has 1 aromatic carbocycles. The number of ether oxygens (including phenoxy) is 1. The first-order valence-electron chi connectivity index (χ1n) is 9.29. The summed E-state index contributed by atoms with van der Waals surface area (Å²) in [5, 5.41) is 2.94. The van der Waals surface area contributed by atoms with Gasteiger partial charge in [0.15, 0.2) is 6.10 Å². The molecule has 6 nitrogen and oxygen atoms in total. The van der Waals surface area contributed by atoms with Crippen molar-refractivity contribution >= 4 is 21.6 Å². The quantitative estimate of drug-likeness (QED) is 0.750. The molecule has 0 fully saturated rings. The van der Waals surface area contributed by atoms with Crippen molar-refractivity contribution in [3.63, 3.8) is 0 Å². The predicted octanol–water partition coefficient (Wildman–Crippen LogP) is 2.85. The number of benzene rings is 1. The summed E-state index contributed by atoms with van der Waals surface area (Å²) in [4.78, 5) is 12.6. The topological polar surface area (TPSA) is 75.7 Å². The summed E-state index contributed by atoms with van der Waals surface area (Å²) >= 11 is 0. The number of unbranched alkanes of at least 4 members (excludes halogenated alkanes) is 1. The summed E-state index contributed by atoms with van der Waals surface area (Å²) in [6.07, 6.45) is 4.67. The average molecular weight is 383 g/mol. The number of carbonyl (C=O) groups excluding carboxylic acids is 1. The SMILES string of the molecule is CCCC[C@@H](CC)CNC(=O)[C@H]1CN(S(C)(=O)=O)c2cc(C)ccc2O1. The van der Waals surface area contributed by atoms with E-state index in [1.807, 2.05) is 13.0 Å². The highest BCUT2D eigenvalue weighted by molar-refractivity contribution is 7.92. The van der Waals surface area contributed by atoms with Gasteiger partial charge in [-0.2, -0.15) is 0 Å². The van der Waals surface area contributed by atoms with Crippen molar-refractivity contribution in [1.29, 1.82) is 0 Å². The number of hydrogen-bond acceptors (Lipinski definition) is 4. The lowest BCUT2D eigenvalue weighted by Gasteiger charge is -2.34. The fourth-order valence-electron chi connectivity index (χ4n) is 3.11. The van der Waals surface area contributed by atoms with Gasteiger partial charge >= 0.3 is 0 Å². The molecule has 0 spiro atoms. The monoisotopic (exact) mass is 382 g/mol. The molecule has 146 valence electrons. The first-order chi connectivity index (χ1) is 12.3. The maximum atomic E-state index is 12.6. The van der Waals surface area contributed by atoms with Gasteiger partial charge in [0.25, 0.3) is 5.91 Å². The molecule has 1 amide bonds. The van der Waals surface area contributed by atoms with Gasteiger partial charge in [0.2, 0.25) is 10.0 Å². The zero-order valence-electron chi connectivity index (χ0n) is 16.1. The molecular weight excluding hydrogens is 352 g/mol. The number of hydrogen-bond donors (Lipinski definition) is 1. The van der Waals surface area contributed by atoms with Crippen LogP contribution in [0, 0.1) is 12.8 Å². The number of anilines is 1. The van der Waals surface area contributed by atoms with E-state index in [9.17, 15) is 13.2 Å². The highest BCUT2D eigenvalue weighted by atomic mass is 32.2. The Kier molecular flexibility index (Phi) is 6.92. The standard InChI is InChI=1S/C19H30N2O4S/c1-5-7-8-15(6-2)12-20-19(22)18-13-21(26(4,23)24)16-11-14(3)9-10-17(16)25-18/h9-11,15,18H,5-8,12-13H2,1-4H3,(H,20,22)/t15-,18-/m1/s1. The second kappa shape index (κ2) is 8.75. The maximum absolute atomic E-state index is 12.6. The average Bonchev–Trinajstić information content (AvgIpc) is 2.59. The van der Waals surface area contributed by atoms with Crippen molar-refractivity contribution in [2.45, 2.75) is 52.6 Å². The van der Waals surface area contributed by atoms with Crippen molar-refractivity contribution in [2.75, 3.05) is 23.7 Å². The molecule has 0 aromatic heterocycles. The smallest absolute Gasteiger partial charge is 0.263 e. The summed E-state index contributed by atoms with van der Waals surface area (Å²) in [6, 6.07) is 5.33. The Balaban J connectivity index is 2.11. The minimum absolute atomic E-state index is 0.00707. The lowest BCUT2D eigenvalue weighted by molar-refractivity contribution is -0.127. The third-order valence-electron chi connectivity index (χ3n) is 4.79. The van der Waals surface area contributed by atoms with E-state index < -0.39 is 16.1 Å². The van der Waals surface area contributed by atoms with Gasteiger partial charge in [0, 0.05) is 6.54 Å². The van der Waals surface area contributed by atoms with Crippen molar-refractivity contribution in [3.8, 4) is 5.75 Å². The van der Waals surface area contributed by atoms with Gasteiger partial charge in [0.05, 0.1) is 18.5 Å². The molecule has 0 bridgehead atoms. The van der Waals surface area contributed by atoms with Crippen LogP contribution in [0.2, 0.25) is 0 Å². The Morgan fingerprint density at radius 3 is 2.73 bits per heavy atom. The van der Waals surface area contributed by atoms with E-state index in [1.54, 1.807) is 12.1 Å². The Morgan fingerprint density at radius 2 is 2.12 bits per heavy atom. The first kappa shape index (κ1) is 20.6. The number of nitrogens with one attached hydrogen (secondary N) is 1. The van der Waals surface area contributed by atoms with Gasteiger partial charge in [-0.25, -0.2) is 8.42 Å². The molecule has 0 unspecified atom stereocenters. The molecular formula is C19H30N2O4S. The third kappa shape index (κ3) is 5.13. The van der Waals surface area contributed by atoms with E-state index in [2.05, 4.69) is 19.2 Å². The number of carbonyl (C=O) groups is 1. The summed E-state index contributed by atoms with van der Waals surface area (Å²) < 4.78 is 31.5. The number of nitrogens with zero attached hydrogens (tertiary/aromatic N) is 1. The highest BCUT2D eigenvalue weighted by Gasteiger charge is 2.35. The van der Waals surface area contributed by atoms with Crippen LogP contribution >= 0.6 is 0 Å². The summed E-state index contributed by atoms with van der Waals surface area (Å²) in [5.74, 6) is 0.591. The van der Waals surface area contributed by atoms with Gasteiger partial charge in [-0.1, -0.05) is 39.2 Å². The van der Waals surface area contributed by atoms with Gasteiger partial charge in [-0.05, 0) is 37.0 Å². The van der Waals surface area contributed by atoms with Gasteiger partial charge in [-0.15, -0.1) is 0 Å². The van der Waals surface area contributed by atoms with Crippen LogP contribution in [0.4, 0.5) is 5.69 Å². The lowest BCUT2D eigenvalue weighted by atomic mass is 9.99. The Morgan fingerprint density at radius 1 is 1.38 bits per heavy atom. The zero-order chi connectivity index (χ0) is 19.3. The molecule has 1 aliphatic rings. The molecule has 0 saturated carbocycles. The highest BCUT2D eigenvalue weighted by Crippen LogP contribution is 2.35. The van der Waals surface area contributed by atoms with Gasteiger partial charge < -0.3 is 10.1 Å². The molecule has 1 aromatic rings. The van der Waals surface area contributed by atoms with Gasteiger partial charge in [0.1, 0.15) is 5.75 Å². The van der Waals surface area contributed by atoms with Crippen molar-refractivity contribution in [1.82, 2.24) is 5.32 Å². The first-order valence-corrected chi connectivity index (χ1v) is 11.1. The molecule has 0 saturated heterocycles. The van der Waals surface area contributed by atoms with E-state index in [0.29, 0.717) is 23.9 Å². The molecule has 2 atom stereocenters. The molecule has 7 heteroatoms. The molecule has 26 heavy (non-hydrogen) atoms. The van der Waals surface area contributed by atoms with Crippen molar-refractivity contribution in [2.24, 2.45) is 5.92 Å². The fraction of sp³-hybridized carbons (Fsp3) is 0.632. The normalized spacial score (nSPS) is 18.0. The van der Waals surface area contributed by atoms with E-state index >= 15 is 0 Å². The maximum Gasteiger partial charge on any atom is 0.263 e. The van der Waals surface area contributed by atoms with Crippen LogP contribution in [0.25, 0.3) is 0 Å². The molecule has 1 heterocycles. The number of amides is 1. The number of aryl methyl sites for hydroxylation is 1. The Labute approximate surface area is 157 Å². The molecule has 0 aliphatic carbocycles. The van der Waals surface area contributed by atoms with Crippen LogP contribution in [0.3, 0.4) is 0 Å². The fourth-order valence-corrected chi connectivity index (χ4v) is 4.02. The van der Waals surface area contributed by atoms with Crippen molar-refractivity contribution < 1.29 is 17.9 Å². The van der Waals surface area contributed by atoms with Gasteiger partial charge in [-0.3, -0.25) is 9.10 Å². The third-order valence-corrected chi connectivity index (χ3v) is 5.93. The zero-order valence-corrected chi connectivity index (χ0v) is 16.9. The number of sulfonamides is 1. The number of fused-ring (bicyclic) bond motifs is 1. The molecule has 0 radical (unpaired) electrons. The minimum Gasteiger partial charge on any atom is -0.476 e. The summed E-state index contributed by atoms with van der Waals surface area (Å²) in [5.41, 5.74) is 1.43. The lowest BCUT2D eigenvalue weighted by Crippen LogP contribution is -2.51. The van der Waals surface area contributed by atoms with Crippen molar-refractivity contribution in [3.05, 3.63) is 23.8 Å². The van der Waals surface area contributed by atoms with Crippen LogP contribution < -0.4 is 14.4 Å². The molecule has 1 aliphatic heterocycles. The van der Waals surface area contributed by atoms with E-state index in [0.717, 1.165) is 37.5 Å². The summed E-state index contributed by atoms with van der Waals surface area (Å²) in [6.45, 7) is 6.75. The predicted molar refractivity (Wildman–Crippen MR) is 104 cm³/mol. The van der Waals surface area contributed by atoms with Crippen LogP contribution in [0.15, 0.2) is 18.2 Å². The molecule has 2 rings (SSSR count).